The topological polar surface area (TPSA) is 20.3 Å². The van der Waals surface area contributed by atoms with Crippen molar-refractivity contribution in [2.45, 2.75) is 26.7 Å². The molecule has 2 aromatic rings. The Morgan fingerprint density at radius 2 is 1.75 bits per heavy atom. The van der Waals surface area contributed by atoms with Crippen LogP contribution in [0.1, 0.15) is 33.5 Å². The second kappa shape index (κ2) is 5.12. The Balaban J connectivity index is 1.99. The van der Waals surface area contributed by atoms with Crippen LogP contribution in [0, 0.1) is 13.8 Å². The van der Waals surface area contributed by atoms with E-state index in [1.165, 1.54) is 5.56 Å². The molecule has 1 aliphatic rings. The smallest absolute Gasteiger partial charge is 0.258 e. The SMILES string of the molecule is Cc1cc(C)cc(C(=O)N2CCCc3ccccc32)c1. The van der Waals surface area contributed by atoms with Gasteiger partial charge in [0.25, 0.3) is 5.91 Å². The van der Waals surface area contributed by atoms with E-state index in [1.54, 1.807) is 0 Å². The van der Waals surface area contributed by atoms with Crippen LogP contribution in [0.2, 0.25) is 0 Å². The number of benzene rings is 2. The summed E-state index contributed by atoms with van der Waals surface area (Å²) in [6.07, 6.45) is 2.10. The van der Waals surface area contributed by atoms with Crippen LogP contribution in [0.3, 0.4) is 0 Å². The van der Waals surface area contributed by atoms with E-state index < -0.39 is 0 Å². The summed E-state index contributed by atoms with van der Waals surface area (Å²) in [5.41, 5.74) is 5.41. The molecule has 0 unspecified atom stereocenters. The zero-order valence-corrected chi connectivity index (χ0v) is 12.0. The molecule has 2 heteroatoms. The first-order valence-corrected chi connectivity index (χ1v) is 7.13. The molecule has 1 heterocycles. The summed E-state index contributed by atoms with van der Waals surface area (Å²) in [5, 5.41) is 0. The third-order valence-electron chi connectivity index (χ3n) is 3.82. The number of amides is 1. The zero-order chi connectivity index (χ0) is 14.1. The summed E-state index contributed by atoms with van der Waals surface area (Å²) >= 11 is 0. The average Bonchev–Trinajstić information content (AvgIpc) is 2.45. The minimum atomic E-state index is 0.115. The summed E-state index contributed by atoms with van der Waals surface area (Å²) in [5.74, 6) is 0.115. The highest BCUT2D eigenvalue weighted by molar-refractivity contribution is 6.07. The maximum atomic E-state index is 12.8. The van der Waals surface area contributed by atoms with Gasteiger partial charge in [0.2, 0.25) is 0 Å². The van der Waals surface area contributed by atoms with Gasteiger partial charge in [-0.1, -0.05) is 35.4 Å². The fourth-order valence-electron chi connectivity index (χ4n) is 3.00. The lowest BCUT2D eigenvalue weighted by molar-refractivity contribution is 0.0985. The third-order valence-corrected chi connectivity index (χ3v) is 3.82. The first-order valence-electron chi connectivity index (χ1n) is 7.13. The van der Waals surface area contributed by atoms with E-state index in [0.717, 1.165) is 41.8 Å². The molecule has 0 bridgehead atoms. The fraction of sp³-hybridized carbons (Fsp3) is 0.278. The van der Waals surface area contributed by atoms with Crippen molar-refractivity contribution < 1.29 is 4.79 Å². The van der Waals surface area contributed by atoms with Gasteiger partial charge in [-0.05, 0) is 50.5 Å². The molecular formula is C18H19NO. The number of rotatable bonds is 1. The fourth-order valence-corrected chi connectivity index (χ4v) is 3.00. The lowest BCUT2D eigenvalue weighted by Gasteiger charge is -2.29. The minimum Gasteiger partial charge on any atom is -0.308 e. The molecule has 0 saturated heterocycles. The lowest BCUT2D eigenvalue weighted by atomic mass is 10.00. The molecule has 2 nitrogen and oxygen atoms in total. The van der Waals surface area contributed by atoms with Crippen LogP contribution in [0.4, 0.5) is 5.69 Å². The largest absolute Gasteiger partial charge is 0.308 e. The summed E-state index contributed by atoms with van der Waals surface area (Å²) in [7, 11) is 0. The van der Waals surface area contributed by atoms with Crippen LogP contribution in [-0.4, -0.2) is 12.5 Å². The maximum Gasteiger partial charge on any atom is 0.258 e. The van der Waals surface area contributed by atoms with E-state index in [4.69, 9.17) is 0 Å². The van der Waals surface area contributed by atoms with Gasteiger partial charge in [0, 0.05) is 17.8 Å². The molecular weight excluding hydrogens is 246 g/mol. The number of para-hydroxylation sites is 1. The minimum absolute atomic E-state index is 0.115. The van der Waals surface area contributed by atoms with Crippen molar-refractivity contribution in [3.8, 4) is 0 Å². The van der Waals surface area contributed by atoms with Crippen molar-refractivity contribution in [2.75, 3.05) is 11.4 Å². The van der Waals surface area contributed by atoms with Crippen LogP contribution < -0.4 is 4.90 Å². The average molecular weight is 265 g/mol. The zero-order valence-electron chi connectivity index (χ0n) is 12.0. The number of aryl methyl sites for hydroxylation is 3. The van der Waals surface area contributed by atoms with E-state index >= 15 is 0 Å². The predicted molar refractivity (Wildman–Crippen MR) is 82.4 cm³/mol. The number of hydrogen-bond donors (Lipinski definition) is 0. The molecule has 2 aromatic carbocycles. The van der Waals surface area contributed by atoms with Crippen molar-refractivity contribution >= 4 is 11.6 Å². The second-order valence-corrected chi connectivity index (χ2v) is 5.57. The predicted octanol–water partition coefficient (Wildman–Crippen LogP) is 3.90. The van der Waals surface area contributed by atoms with Crippen LogP contribution in [-0.2, 0) is 6.42 Å². The Labute approximate surface area is 120 Å². The standard InChI is InChI=1S/C18H19NO/c1-13-10-14(2)12-16(11-13)18(20)19-9-5-7-15-6-3-4-8-17(15)19/h3-4,6,8,10-12H,5,7,9H2,1-2H3. The van der Waals surface area contributed by atoms with Crippen LogP contribution in [0.15, 0.2) is 42.5 Å². The van der Waals surface area contributed by atoms with Gasteiger partial charge < -0.3 is 4.90 Å². The van der Waals surface area contributed by atoms with Gasteiger partial charge >= 0.3 is 0 Å². The van der Waals surface area contributed by atoms with Crippen molar-refractivity contribution in [3.63, 3.8) is 0 Å². The van der Waals surface area contributed by atoms with Gasteiger partial charge in [0.15, 0.2) is 0 Å². The molecule has 102 valence electrons. The molecule has 1 aliphatic heterocycles. The van der Waals surface area contributed by atoms with Crippen LogP contribution >= 0.6 is 0 Å². The molecule has 0 N–H and O–H groups in total. The van der Waals surface area contributed by atoms with Crippen molar-refractivity contribution in [1.29, 1.82) is 0 Å². The Bertz CT molecular complexity index is 640. The van der Waals surface area contributed by atoms with Gasteiger partial charge in [-0.25, -0.2) is 0 Å². The highest BCUT2D eigenvalue weighted by Crippen LogP contribution is 2.28. The first-order chi connectivity index (χ1) is 9.65. The summed E-state index contributed by atoms with van der Waals surface area (Å²) < 4.78 is 0. The van der Waals surface area contributed by atoms with E-state index in [1.807, 2.05) is 43.0 Å². The molecule has 20 heavy (non-hydrogen) atoms. The Kier molecular flexibility index (Phi) is 3.31. The Hall–Kier alpha value is -2.09. The van der Waals surface area contributed by atoms with Crippen LogP contribution in [0.25, 0.3) is 0 Å². The number of fused-ring (bicyclic) bond motifs is 1. The van der Waals surface area contributed by atoms with Gasteiger partial charge in [-0.3, -0.25) is 4.79 Å². The molecule has 1 amide bonds. The Morgan fingerprint density at radius 1 is 1.05 bits per heavy atom. The molecule has 0 saturated carbocycles. The van der Waals surface area contributed by atoms with E-state index in [0.29, 0.717) is 0 Å². The molecule has 0 radical (unpaired) electrons. The van der Waals surface area contributed by atoms with Crippen molar-refractivity contribution in [3.05, 3.63) is 64.7 Å². The number of nitrogens with zero attached hydrogens (tertiary/aromatic N) is 1. The number of carbonyl (C=O) groups is 1. The van der Waals surface area contributed by atoms with Gasteiger partial charge in [0.05, 0.1) is 0 Å². The monoisotopic (exact) mass is 265 g/mol. The van der Waals surface area contributed by atoms with Gasteiger partial charge in [0.1, 0.15) is 0 Å². The first kappa shape index (κ1) is 12.9. The normalized spacial score (nSPS) is 14.0. The highest BCUT2D eigenvalue weighted by atomic mass is 16.2. The number of anilines is 1. The van der Waals surface area contributed by atoms with E-state index in [9.17, 15) is 4.79 Å². The third kappa shape index (κ3) is 2.34. The van der Waals surface area contributed by atoms with E-state index in [2.05, 4.69) is 18.2 Å². The number of hydrogen-bond acceptors (Lipinski definition) is 1. The molecule has 0 aliphatic carbocycles. The quantitative estimate of drug-likeness (QED) is 0.766. The second-order valence-electron chi connectivity index (χ2n) is 5.57. The molecule has 0 fully saturated rings. The molecule has 0 spiro atoms. The van der Waals surface area contributed by atoms with Crippen molar-refractivity contribution in [1.82, 2.24) is 0 Å². The molecule has 3 rings (SSSR count). The van der Waals surface area contributed by atoms with Gasteiger partial charge in [-0.2, -0.15) is 0 Å². The molecule has 0 atom stereocenters. The van der Waals surface area contributed by atoms with Crippen molar-refractivity contribution in [2.24, 2.45) is 0 Å². The number of carbonyl (C=O) groups excluding carboxylic acids is 1. The molecule has 0 aromatic heterocycles. The summed E-state index contributed by atoms with van der Waals surface area (Å²) in [6.45, 7) is 4.88. The highest BCUT2D eigenvalue weighted by Gasteiger charge is 2.23. The summed E-state index contributed by atoms with van der Waals surface area (Å²) in [6, 6.07) is 14.3. The summed E-state index contributed by atoms with van der Waals surface area (Å²) in [4.78, 5) is 14.7. The lowest BCUT2D eigenvalue weighted by Crippen LogP contribution is -2.35. The van der Waals surface area contributed by atoms with Crippen LogP contribution in [0.5, 0.6) is 0 Å². The maximum absolute atomic E-state index is 12.8. The Morgan fingerprint density at radius 3 is 2.50 bits per heavy atom. The van der Waals surface area contributed by atoms with Gasteiger partial charge in [-0.15, -0.1) is 0 Å². The van der Waals surface area contributed by atoms with E-state index in [-0.39, 0.29) is 5.91 Å².